The van der Waals surface area contributed by atoms with E-state index in [9.17, 15) is 0 Å². The molecule has 0 atom stereocenters. The van der Waals surface area contributed by atoms with Gasteiger partial charge in [0.05, 0.1) is 22.8 Å². The minimum atomic E-state index is 0. The first kappa shape index (κ1) is 15.9. The van der Waals surface area contributed by atoms with Crippen LogP contribution in [-0.2, 0) is 0 Å². The van der Waals surface area contributed by atoms with Gasteiger partial charge in [-0.15, -0.1) is 0 Å². The molecule has 25 heavy (non-hydrogen) atoms. The van der Waals surface area contributed by atoms with Crippen molar-refractivity contribution in [3.8, 4) is 0 Å². The third-order valence-electron chi connectivity index (χ3n) is 4.04. The molecule has 0 amide bonds. The van der Waals surface area contributed by atoms with E-state index in [1.807, 2.05) is 42.5 Å². The minimum Gasteiger partial charge on any atom is -0.355 e. The summed E-state index contributed by atoms with van der Waals surface area (Å²) in [7, 11) is 0. The molecule has 0 fully saturated rings. The van der Waals surface area contributed by atoms with Crippen molar-refractivity contribution in [2.45, 2.75) is 0 Å². The Morgan fingerprint density at radius 1 is 0.480 bits per heavy atom. The summed E-state index contributed by atoms with van der Waals surface area (Å²) in [5, 5.41) is 0. The van der Waals surface area contributed by atoms with Crippen LogP contribution in [0.1, 0.15) is 22.8 Å². The van der Waals surface area contributed by atoms with Crippen molar-refractivity contribution in [3.05, 3.63) is 71.3 Å². The van der Waals surface area contributed by atoms with E-state index in [0.29, 0.717) is 0 Å². The molecule has 8 bridgehead atoms. The van der Waals surface area contributed by atoms with E-state index in [1.165, 1.54) is 0 Å². The molecule has 3 aromatic heterocycles. The summed E-state index contributed by atoms with van der Waals surface area (Å²) in [4.78, 5) is 16.0. The monoisotopic (exact) mass is 334 g/mol. The van der Waals surface area contributed by atoms with E-state index in [4.69, 9.17) is 0 Å². The summed E-state index contributed by atoms with van der Waals surface area (Å²) in [5.74, 6) is 0. The Hall–Kier alpha value is -2.63. The predicted octanol–water partition coefficient (Wildman–Crippen LogP) is 4.27. The normalized spacial score (nSPS) is 12.2. The van der Waals surface area contributed by atoms with Crippen molar-refractivity contribution in [2.24, 2.45) is 0 Å². The number of nitrogens with zero attached hydrogens (tertiary/aromatic N) is 2. The first-order valence-corrected chi connectivity index (χ1v) is 7.85. The van der Waals surface area contributed by atoms with Gasteiger partial charge in [0.15, 0.2) is 0 Å². The summed E-state index contributed by atoms with van der Waals surface area (Å²) in [6.07, 6.45) is 8.05. The number of aromatic amines is 2. The van der Waals surface area contributed by atoms with Gasteiger partial charge in [-0.1, -0.05) is 0 Å². The van der Waals surface area contributed by atoms with Gasteiger partial charge >= 0.3 is 23.1 Å². The maximum Gasteiger partial charge on any atom is 2.00 e. The Labute approximate surface area is 160 Å². The second-order valence-electron chi connectivity index (χ2n) is 5.91. The molecule has 0 radical (unpaired) electrons. The molecule has 4 nitrogen and oxygen atoms in total. The van der Waals surface area contributed by atoms with Gasteiger partial charge in [0.2, 0.25) is 0 Å². The van der Waals surface area contributed by atoms with Gasteiger partial charge in [-0.25, -0.2) is 9.97 Å². The second-order valence-corrected chi connectivity index (χ2v) is 5.91. The molecule has 114 valence electrons. The molecular weight excluding hydrogens is 321 g/mol. The summed E-state index contributed by atoms with van der Waals surface area (Å²) in [5.41, 5.74) is 7.86. The number of hydrogen-bond acceptors (Lipinski definition) is 2. The van der Waals surface area contributed by atoms with Crippen molar-refractivity contribution < 1.29 is 0 Å². The van der Waals surface area contributed by atoms with Crippen LogP contribution < -0.4 is 0 Å². The topological polar surface area (TPSA) is 57.4 Å². The zero-order valence-corrected chi connectivity index (χ0v) is 14.9. The Balaban J connectivity index is 0.00000157. The molecule has 0 spiro atoms. The van der Waals surface area contributed by atoms with Crippen LogP contribution in [0.3, 0.4) is 0 Å². The Bertz CT molecular complexity index is 1080. The number of H-pyrrole nitrogens is 2. The molecule has 0 saturated heterocycles. The van der Waals surface area contributed by atoms with Crippen LogP contribution in [0.15, 0.2) is 48.5 Å². The molecule has 2 N–H and O–H groups in total. The van der Waals surface area contributed by atoms with Gasteiger partial charge in [0, 0.05) is 22.1 Å². The number of nitrogens with one attached hydrogen (secondary N) is 2. The summed E-state index contributed by atoms with van der Waals surface area (Å²) < 4.78 is 0. The fourth-order valence-corrected chi connectivity index (χ4v) is 2.94. The second kappa shape index (κ2) is 6.35. The summed E-state index contributed by atoms with van der Waals surface area (Å²) in [6.45, 7) is 0. The fourth-order valence-electron chi connectivity index (χ4n) is 2.94. The van der Waals surface area contributed by atoms with E-state index in [1.54, 1.807) is 0 Å². The van der Waals surface area contributed by atoms with Gasteiger partial charge in [0.1, 0.15) is 0 Å². The number of rotatable bonds is 0. The number of fused-ring (bicyclic) bond motifs is 8. The molecule has 0 aromatic carbocycles. The van der Waals surface area contributed by atoms with Gasteiger partial charge in [-0.05, 0) is 72.8 Å². The van der Waals surface area contributed by atoms with Crippen LogP contribution in [0.5, 0.6) is 0 Å². The van der Waals surface area contributed by atoms with Crippen LogP contribution in [0.2, 0.25) is 0 Å². The van der Waals surface area contributed by atoms with E-state index in [2.05, 4.69) is 50.3 Å². The molecule has 3 aromatic rings. The Kier molecular flexibility index (Phi) is 4.03. The van der Waals surface area contributed by atoms with Crippen molar-refractivity contribution in [1.82, 2.24) is 19.9 Å². The van der Waals surface area contributed by atoms with Gasteiger partial charge < -0.3 is 9.97 Å². The predicted molar refractivity (Wildman–Crippen MR) is 105 cm³/mol. The van der Waals surface area contributed by atoms with Gasteiger partial charge in [0.25, 0.3) is 0 Å². The quantitative estimate of drug-likeness (QED) is 0.415. The van der Waals surface area contributed by atoms with Crippen LogP contribution in [0, 0.1) is 0 Å². The average molecular weight is 335 g/mol. The van der Waals surface area contributed by atoms with E-state index < -0.39 is 0 Å². The first-order chi connectivity index (χ1) is 11.8. The van der Waals surface area contributed by atoms with E-state index >= 15 is 0 Å². The van der Waals surface area contributed by atoms with Crippen molar-refractivity contribution >= 4 is 69.4 Å². The Morgan fingerprint density at radius 2 is 0.840 bits per heavy atom. The molecule has 5 heteroatoms. The SMILES string of the molecule is C1=Cc2cc3ccc(cc4ccc(cc5nc(cc1n2)C=C5)[nH]4)[nH]3.[Mg+2]. The number of hydrogen-bond donors (Lipinski definition) is 2. The molecule has 0 saturated carbocycles. The average Bonchev–Trinajstić information content (AvgIpc) is 3.32. The zero-order valence-electron chi connectivity index (χ0n) is 13.5. The third kappa shape index (κ3) is 3.29. The van der Waals surface area contributed by atoms with E-state index in [0.717, 1.165) is 44.8 Å². The van der Waals surface area contributed by atoms with Gasteiger partial charge in [-0.3, -0.25) is 0 Å². The van der Waals surface area contributed by atoms with Crippen molar-refractivity contribution in [3.63, 3.8) is 0 Å². The largest absolute Gasteiger partial charge is 2.00 e. The smallest absolute Gasteiger partial charge is 0.355 e. The molecule has 2 aliphatic heterocycles. The fraction of sp³-hybridized carbons (Fsp3) is 0. The van der Waals surface area contributed by atoms with Crippen LogP contribution in [-0.4, -0.2) is 43.0 Å². The molecular formula is C20H14MgN4+2. The molecule has 0 aliphatic carbocycles. The van der Waals surface area contributed by atoms with Gasteiger partial charge in [-0.2, -0.15) is 0 Å². The maximum absolute atomic E-state index is 4.62. The summed E-state index contributed by atoms with van der Waals surface area (Å²) >= 11 is 0. The molecule has 5 heterocycles. The van der Waals surface area contributed by atoms with Crippen LogP contribution in [0.25, 0.3) is 46.4 Å². The number of aromatic nitrogens is 4. The standard InChI is InChI=1S/C20H14N4.Mg/c1-2-14-10-16-5-6-18(23-16)12-20-8-7-19(24-20)11-17-4-3-15(22-17)9-13(1)21-14;/h1-12,21-22H;/q;+2. The maximum atomic E-state index is 4.62. The minimum absolute atomic E-state index is 0. The third-order valence-corrected chi connectivity index (χ3v) is 4.04. The molecule has 0 unspecified atom stereocenters. The zero-order chi connectivity index (χ0) is 15.9. The van der Waals surface area contributed by atoms with Crippen molar-refractivity contribution in [2.75, 3.05) is 0 Å². The van der Waals surface area contributed by atoms with E-state index in [-0.39, 0.29) is 23.1 Å². The first-order valence-electron chi connectivity index (χ1n) is 7.85. The van der Waals surface area contributed by atoms with Crippen molar-refractivity contribution in [1.29, 1.82) is 0 Å². The van der Waals surface area contributed by atoms with Crippen LogP contribution >= 0.6 is 0 Å². The summed E-state index contributed by atoms with van der Waals surface area (Å²) in [6, 6.07) is 16.4. The molecule has 2 aliphatic rings. The Morgan fingerprint density at radius 3 is 1.28 bits per heavy atom. The molecule has 5 rings (SSSR count). The van der Waals surface area contributed by atoms with Crippen LogP contribution in [0.4, 0.5) is 0 Å².